The first kappa shape index (κ1) is 22.7. The Morgan fingerprint density at radius 1 is 1.14 bits per heavy atom. The molecule has 0 radical (unpaired) electrons. The van der Waals surface area contributed by atoms with E-state index in [2.05, 4.69) is 10.6 Å². The number of anilines is 1. The quantitative estimate of drug-likeness (QED) is 0.700. The lowest BCUT2D eigenvalue weighted by Gasteiger charge is -2.27. The SMILES string of the molecule is CNC(=O)Nc1ccc2c(c1)CC[C@@]21OC(=O)N(CC(=O)N2Cc3ccccc3OC[C@H]2C)C1=O. The molecule has 2 aromatic rings. The number of aryl methyl sites for hydroxylation is 1. The fourth-order valence-electron chi connectivity index (χ4n) is 4.90. The summed E-state index contributed by atoms with van der Waals surface area (Å²) in [6.07, 6.45) is -0.0538. The summed E-state index contributed by atoms with van der Waals surface area (Å²) in [4.78, 5) is 53.7. The van der Waals surface area contributed by atoms with Gasteiger partial charge in [0.05, 0.1) is 6.04 Å². The zero-order chi connectivity index (χ0) is 24.7. The normalized spacial score (nSPS) is 22.7. The number of urea groups is 1. The molecular formula is C25H26N4O6. The number of rotatable bonds is 3. The van der Waals surface area contributed by atoms with Crippen molar-refractivity contribution in [2.24, 2.45) is 0 Å². The minimum atomic E-state index is -1.45. The lowest BCUT2D eigenvalue weighted by atomic mass is 9.94. The summed E-state index contributed by atoms with van der Waals surface area (Å²) < 4.78 is 11.5. The minimum absolute atomic E-state index is 0.240. The molecule has 0 unspecified atom stereocenters. The van der Waals surface area contributed by atoms with E-state index in [1.165, 1.54) is 7.05 Å². The molecule has 182 valence electrons. The number of carbonyl (C=O) groups excluding carboxylic acids is 4. The molecule has 1 spiro atoms. The zero-order valence-corrected chi connectivity index (χ0v) is 19.5. The van der Waals surface area contributed by atoms with E-state index in [0.29, 0.717) is 30.8 Å². The molecule has 10 heteroatoms. The molecule has 5 rings (SSSR count). The fourth-order valence-corrected chi connectivity index (χ4v) is 4.90. The number of fused-ring (bicyclic) bond motifs is 3. The molecule has 1 fully saturated rings. The number of hydrogen-bond donors (Lipinski definition) is 2. The second-order valence-electron chi connectivity index (χ2n) is 8.95. The van der Waals surface area contributed by atoms with E-state index >= 15 is 0 Å². The molecule has 10 nitrogen and oxygen atoms in total. The molecule has 0 saturated carbocycles. The van der Waals surface area contributed by atoms with Crippen LogP contribution >= 0.6 is 0 Å². The van der Waals surface area contributed by atoms with Crippen LogP contribution in [0.1, 0.15) is 30.0 Å². The van der Waals surface area contributed by atoms with Crippen molar-refractivity contribution >= 4 is 29.6 Å². The second kappa shape index (κ2) is 8.61. The van der Waals surface area contributed by atoms with E-state index in [9.17, 15) is 19.2 Å². The molecule has 2 atom stereocenters. The molecule has 0 aromatic heterocycles. The molecule has 2 aliphatic heterocycles. The Morgan fingerprint density at radius 2 is 1.94 bits per heavy atom. The number of ether oxygens (including phenoxy) is 2. The molecule has 2 aromatic carbocycles. The van der Waals surface area contributed by atoms with Gasteiger partial charge in [-0.05, 0) is 37.1 Å². The highest BCUT2D eigenvalue weighted by atomic mass is 16.6. The average molecular weight is 479 g/mol. The Bertz CT molecular complexity index is 1230. The van der Waals surface area contributed by atoms with Gasteiger partial charge in [0.25, 0.3) is 5.91 Å². The second-order valence-corrected chi connectivity index (χ2v) is 8.95. The molecule has 5 amide bonds. The van der Waals surface area contributed by atoms with Gasteiger partial charge in [0.1, 0.15) is 18.9 Å². The summed E-state index contributed by atoms with van der Waals surface area (Å²) in [6.45, 7) is 2.10. The van der Waals surface area contributed by atoms with Crippen molar-refractivity contribution in [3.63, 3.8) is 0 Å². The predicted octanol–water partition coefficient (Wildman–Crippen LogP) is 2.37. The molecular weight excluding hydrogens is 452 g/mol. The van der Waals surface area contributed by atoms with E-state index in [-0.39, 0.29) is 24.4 Å². The molecule has 3 aliphatic rings. The van der Waals surface area contributed by atoms with Crippen LogP contribution in [0.5, 0.6) is 5.75 Å². The van der Waals surface area contributed by atoms with Crippen molar-refractivity contribution in [1.82, 2.24) is 15.1 Å². The number of carbonyl (C=O) groups is 4. The third-order valence-corrected chi connectivity index (χ3v) is 6.78. The van der Waals surface area contributed by atoms with Crippen LogP contribution in [0.25, 0.3) is 0 Å². The largest absolute Gasteiger partial charge is 0.491 e. The molecule has 2 heterocycles. The Balaban J connectivity index is 1.35. The van der Waals surface area contributed by atoms with Crippen LogP contribution in [0.3, 0.4) is 0 Å². The molecule has 1 saturated heterocycles. The van der Waals surface area contributed by atoms with Gasteiger partial charge in [0.15, 0.2) is 0 Å². The van der Waals surface area contributed by atoms with Crippen LogP contribution in [0.15, 0.2) is 42.5 Å². The van der Waals surface area contributed by atoms with E-state index < -0.39 is 24.1 Å². The number of imide groups is 1. The topological polar surface area (TPSA) is 117 Å². The van der Waals surface area contributed by atoms with Gasteiger partial charge < -0.3 is 25.0 Å². The van der Waals surface area contributed by atoms with E-state index in [0.717, 1.165) is 21.8 Å². The molecule has 2 N–H and O–H groups in total. The lowest BCUT2D eigenvalue weighted by molar-refractivity contribution is -0.143. The Kier molecular flexibility index (Phi) is 5.58. The van der Waals surface area contributed by atoms with Gasteiger partial charge >= 0.3 is 12.1 Å². The number of benzene rings is 2. The van der Waals surface area contributed by atoms with Crippen LogP contribution in [0, 0.1) is 0 Å². The van der Waals surface area contributed by atoms with Crippen LogP contribution in [-0.4, -0.2) is 60.0 Å². The standard InChI is InChI=1S/C25H26N4O6/c1-15-14-34-20-6-4-3-5-17(20)12-28(15)21(30)13-29-22(31)25(35-24(29)33)10-9-16-11-18(7-8-19(16)25)27-23(32)26-2/h3-8,11,15H,9-10,12-14H2,1-2H3,(H2,26,27,32)/t15-,25-/m1/s1. The summed E-state index contributed by atoms with van der Waals surface area (Å²) in [6, 6.07) is 12.0. The maximum absolute atomic E-state index is 13.5. The number of amides is 5. The van der Waals surface area contributed by atoms with Gasteiger partial charge in [-0.1, -0.05) is 24.3 Å². The zero-order valence-electron chi connectivity index (χ0n) is 19.5. The predicted molar refractivity (Wildman–Crippen MR) is 125 cm³/mol. The summed E-state index contributed by atoms with van der Waals surface area (Å²) in [7, 11) is 1.52. The van der Waals surface area contributed by atoms with Gasteiger partial charge in [-0.25, -0.2) is 14.5 Å². The summed E-state index contributed by atoms with van der Waals surface area (Å²) in [5.74, 6) is -0.178. The van der Waals surface area contributed by atoms with E-state index in [1.54, 1.807) is 23.1 Å². The first-order valence-corrected chi connectivity index (χ1v) is 11.5. The third kappa shape index (κ3) is 3.84. The number of para-hydroxylation sites is 1. The maximum atomic E-state index is 13.5. The highest BCUT2D eigenvalue weighted by molar-refractivity contribution is 6.06. The number of nitrogens with zero attached hydrogens (tertiary/aromatic N) is 2. The van der Waals surface area contributed by atoms with Crippen molar-refractivity contribution in [2.45, 2.75) is 38.0 Å². The average Bonchev–Trinajstić information content (AvgIpc) is 3.25. The van der Waals surface area contributed by atoms with Gasteiger partial charge in [-0.3, -0.25) is 9.59 Å². The summed E-state index contributed by atoms with van der Waals surface area (Å²) in [5.41, 5.74) is 1.38. The van der Waals surface area contributed by atoms with Crippen molar-refractivity contribution in [1.29, 1.82) is 0 Å². The molecule has 0 bridgehead atoms. The van der Waals surface area contributed by atoms with E-state index in [1.807, 2.05) is 31.2 Å². The Hall–Kier alpha value is -4.08. The van der Waals surface area contributed by atoms with Crippen LogP contribution in [0.2, 0.25) is 0 Å². The first-order chi connectivity index (χ1) is 16.8. The van der Waals surface area contributed by atoms with Crippen LogP contribution in [-0.2, 0) is 32.9 Å². The van der Waals surface area contributed by atoms with Crippen LogP contribution < -0.4 is 15.4 Å². The Labute approximate surface area is 202 Å². The van der Waals surface area contributed by atoms with Crippen molar-refractivity contribution in [2.75, 3.05) is 25.5 Å². The van der Waals surface area contributed by atoms with Gasteiger partial charge in [0, 0.05) is 36.8 Å². The van der Waals surface area contributed by atoms with Crippen molar-refractivity contribution in [3.05, 3.63) is 59.2 Å². The fraction of sp³-hybridized carbons (Fsp3) is 0.360. The van der Waals surface area contributed by atoms with E-state index in [4.69, 9.17) is 9.47 Å². The van der Waals surface area contributed by atoms with Gasteiger partial charge in [0.2, 0.25) is 11.5 Å². The lowest BCUT2D eigenvalue weighted by Crippen LogP contribution is -2.47. The van der Waals surface area contributed by atoms with Crippen molar-refractivity contribution < 1.29 is 28.7 Å². The first-order valence-electron chi connectivity index (χ1n) is 11.5. The maximum Gasteiger partial charge on any atom is 0.418 e. The smallest absolute Gasteiger partial charge is 0.418 e. The summed E-state index contributed by atoms with van der Waals surface area (Å²) in [5, 5.41) is 5.18. The third-order valence-electron chi connectivity index (χ3n) is 6.78. The molecule has 1 aliphatic carbocycles. The minimum Gasteiger partial charge on any atom is -0.491 e. The van der Waals surface area contributed by atoms with Crippen molar-refractivity contribution in [3.8, 4) is 5.75 Å². The van der Waals surface area contributed by atoms with Gasteiger partial charge in [-0.15, -0.1) is 0 Å². The molecule has 35 heavy (non-hydrogen) atoms. The number of hydrogen-bond acceptors (Lipinski definition) is 6. The van der Waals surface area contributed by atoms with Crippen LogP contribution in [0.4, 0.5) is 15.3 Å². The summed E-state index contributed by atoms with van der Waals surface area (Å²) >= 11 is 0. The number of nitrogens with one attached hydrogen (secondary N) is 2. The Morgan fingerprint density at radius 3 is 2.74 bits per heavy atom. The highest BCUT2D eigenvalue weighted by Crippen LogP contribution is 2.46. The van der Waals surface area contributed by atoms with Gasteiger partial charge in [-0.2, -0.15) is 0 Å². The highest BCUT2D eigenvalue weighted by Gasteiger charge is 2.58. The monoisotopic (exact) mass is 478 g/mol.